The van der Waals surface area contributed by atoms with E-state index >= 15 is 0 Å². The molecule has 1 rings (SSSR count). The highest BCUT2D eigenvalue weighted by molar-refractivity contribution is 14.1. The number of rotatable bonds is 3. The molecule has 0 spiro atoms. The van der Waals surface area contributed by atoms with E-state index < -0.39 is 7.82 Å². The van der Waals surface area contributed by atoms with E-state index in [1.165, 1.54) is 12.1 Å². The molecule has 1 aromatic rings. The first-order valence-corrected chi connectivity index (χ1v) is 6.47. The maximum absolute atomic E-state index is 10.4. The molecule has 2 N–H and O–H groups in total. The Bertz CT molecular complexity index is 318. The van der Waals surface area contributed by atoms with Crippen molar-refractivity contribution in [2.45, 2.75) is 4.43 Å². The molecule has 0 saturated heterocycles. The summed E-state index contributed by atoms with van der Waals surface area (Å²) < 4.78 is 15.6. The summed E-state index contributed by atoms with van der Waals surface area (Å²) in [5.74, 6) is 0.182. The van der Waals surface area contributed by atoms with E-state index in [-0.39, 0.29) is 5.75 Å². The van der Waals surface area contributed by atoms with Crippen molar-refractivity contribution >= 4 is 30.4 Å². The summed E-state index contributed by atoms with van der Waals surface area (Å²) in [5, 5.41) is 0. The summed E-state index contributed by atoms with van der Waals surface area (Å²) in [7, 11) is -4.41. The van der Waals surface area contributed by atoms with Gasteiger partial charge in [0.25, 0.3) is 0 Å². The maximum atomic E-state index is 10.4. The first kappa shape index (κ1) is 11.0. The highest BCUT2D eigenvalue weighted by atomic mass is 127. The average Bonchev–Trinajstić information content (AvgIpc) is 2.03. The molecule has 0 fully saturated rings. The minimum Gasteiger partial charge on any atom is -0.404 e. The Morgan fingerprint density at radius 2 is 1.85 bits per heavy atom. The highest BCUT2D eigenvalue weighted by Gasteiger charge is 2.15. The molecule has 0 heterocycles. The van der Waals surface area contributed by atoms with Gasteiger partial charge in [-0.3, -0.25) is 9.79 Å². The SMILES string of the molecule is O=P(O)(O)Oc1ccc(CI)cc1. The second kappa shape index (κ2) is 4.41. The Morgan fingerprint density at radius 3 is 2.23 bits per heavy atom. The van der Waals surface area contributed by atoms with Gasteiger partial charge in [0.15, 0.2) is 0 Å². The van der Waals surface area contributed by atoms with Crippen LogP contribution in [0.25, 0.3) is 0 Å². The number of hydrogen-bond donors (Lipinski definition) is 2. The quantitative estimate of drug-likeness (QED) is 0.509. The average molecular weight is 314 g/mol. The summed E-state index contributed by atoms with van der Waals surface area (Å²) >= 11 is 2.20. The fourth-order valence-electron chi connectivity index (χ4n) is 0.777. The molecule has 0 unspecified atom stereocenters. The predicted octanol–water partition coefficient (Wildman–Crippen LogP) is 2.09. The number of hydrogen-bond acceptors (Lipinski definition) is 2. The van der Waals surface area contributed by atoms with E-state index in [9.17, 15) is 4.57 Å². The van der Waals surface area contributed by atoms with E-state index in [4.69, 9.17) is 9.79 Å². The van der Waals surface area contributed by atoms with Crippen LogP contribution >= 0.6 is 30.4 Å². The molecule has 0 radical (unpaired) electrons. The fourth-order valence-corrected chi connectivity index (χ4v) is 1.68. The van der Waals surface area contributed by atoms with Gasteiger partial charge >= 0.3 is 7.82 Å². The topological polar surface area (TPSA) is 66.8 Å². The minimum absolute atomic E-state index is 0.182. The Balaban J connectivity index is 2.76. The van der Waals surface area contributed by atoms with Gasteiger partial charge in [-0.05, 0) is 17.7 Å². The van der Waals surface area contributed by atoms with Crippen molar-refractivity contribution in [2.24, 2.45) is 0 Å². The standard InChI is InChI=1S/C7H8IO4P/c8-5-6-1-3-7(4-2-6)12-13(9,10)11/h1-4H,5H2,(H2,9,10,11). The fraction of sp³-hybridized carbons (Fsp3) is 0.143. The number of halogens is 1. The van der Waals surface area contributed by atoms with Crippen LogP contribution in [0.15, 0.2) is 24.3 Å². The van der Waals surface area contributed by atoms with Crippen LogP contribution in [0.2, 0.25) is 0 Å². The predicted molar refractivity (Wildman–Crippen MR) is 56.8 cm³/mol. The molecule has 0 aromatic heterocycles. The van der Waals surface area contributed by atoms with Crippen LogP contribution in [0.4, 0.5) is 0 Å². The van der Waals surface area contributed by atoms with Crippen LogP contribution in [0.5, 0.6) is 5.75 Å². The van der Waals surface area contributed by atoms with Crippen molar-refractivity contribution in [1.82, 2.24) is 0 Å². The molecule has 1 aromatic carbocycles. The molecule has 0 bridgehead atoms. The lowest BCUT2D eigenvalue weighted by atomic mass is 10.2. The van der Waals surface area contributed by atoms with Crippen molar-refractivity contribution in [3.05, 3.63) is 29.8 Å². The third kappa shape index (κ3) is 4.08. The van der Waals surface area contributed by atoms with E-state index in [1.807, 2.05) is 0 Å². The Hall–Kier alpha value is -0.100. The van der Waals surface area contributed by atoms with Gasteiger partial charge in [-0.2, -0.15) is 0 Å². The number of alkyl halides is 1. The van der Waals surface area contributed by atoms with Gasteiger partial charge in [-0.1, -0.05) is 34.7 Å². The van der Waals surface area contributed by atoms with Crippen molar-refractivity contribution < 1.29 is 18.9 Å². The summed E-state index contributed by atoms with van der Waals surface area (Å²) in [5.41, 5.74) is 1.08. The Labute approximate surface area is 89.3 Å². The van der Waals surface area contributed by atoms with Crippen LogP contribution in [-0.2, 0) is 8.99 Å². The van der Waals surface area contributed by atoms with Gasteiger partial charge in [0, 0.05) is 4.43 Å². The Kier molecular flexibility index (Phi) is 3.73. The normalized spacial score (nSPS) is 11.3. The van der Waals surface area contributed by atoms with E-state index in [1.54, 1.807) is 12.1 Å². The lowest BCUT2D eigenvalue weighted by Gasteiger charge is -2.06. The molecule has 0 aliphatic heterocycles. The summed E-state index contributed by atoms with van der Waals surface area (Å²) in [6, 6.07) is 6.59. The third-order valence-electron chi connectivity index (χ3n) is 1.30. The first-order valence-electron chi connectivity index (χ1n) is 3.41. The summed E-state index contributed by atoms with van der Waals surface area (Å²) in [4.78, 5) is 17.0. The maximum Gasteiger partial charge on any atom is 0.524 e. The van der Waals surface area contributed by atoms with Crippen LogP contribution < -0.4 is 4.52 Å². The zero-order chi connectivity index (χ0) is 9.90. The van der Waals surface area contributed by atoms with E-state index in [2.05, 4.69) is 27.1 Å². The molecule has 6 heteroatoms. The molecule has 0 saturated carbocycles. The zero-order valence-corrected chi connectivity index (χ0v) is 9.60. The van der Waals surface area contributed by atoms with Gasteiger partial charge < -0.3 is 4.52 Å². The van der Waals surface area contributed by atoms with Gasteiger partial charge in [0.1, 0.15) is 5.75 Å². The van der Waals surface area contributed by atoms with Crippen LogP contribution in [0.1, 0.15) is 5.56 Å². The van der Waals surface area contributed by atoms with E-state index in [0.29, 0.717) is 0 Å². The first-order chi connectivity index (χ1) is 6.01. The van der Waals surface area contributed by atoms with Crippen molar-refractivity contribution in [2.75, 3.05) is 0 Å². The van der Waals surface area contributed by atoms with Gasteiger partial charge in [0.05, 0.1) is 0 Å². The largest absolute Gasteiger partial charge is 0.524 e. The Morgan fingerprint density at radius 1 is 1.31 bits per heavy atom. The number of phosphoric ester groups is 1. The van der Waals surface area contributed by atoms with E-state index in [0.717, 1.165) is 9.99 Å². The molecule has 4 nitrogen and oxygen atoms in total. The molecule has 72 valence electrons. The zero-order valence-electron chi connectivity index (χ0n) is 6.55. The van der Waals surface area contributed by atoms with Crippen LogP contribution in [0.3, 0.4) is 0 Å². The lowest BCUT2D eigenvalue weighted by Crippen LogP contribution is -1.89. The molecule has 0 aliphatic carbocycles. The van der Waals surface area contributed by atoms with Crippen LogP contribution in [0, 0.1) is 0 Å². The molecular weight excluding hydrogens is 306 g/mol. The van der Waals surface area contributed by atoms with Gasteiger partial charge in [-0.15, -0.1) is 0 Å². The minimum atomic E-state index is -4.41. The molecule has 13 heavy (non-hydrogen) atoms. The highest BCUT2D eigenvalue weighted by Crippen LogP contribution is 2.37. The van der Waals surface area contributed by atoms with Crippen molar-refractivity contribution in [3.8, 4) is 5.75 Å². The second-order valence-corrected chi connectivity index (χ2v) is 4.29. The van der Waals surface area contributed by atoms with Gasteiger partial charge in [-0.25, -0.2) is 4.57 Å². The monoisotopic (exact) mass is 314 g/mol. The molecule has 0 aliphatic rings. The third-order valence-corrected chi connectivity index (χ3v) is 2.63. The van der Waals surface area contributed by atoms with Crippen molar-refractivity contribution in [3.63, 3.8) is 0 Å². The second-order valence-electron chi connectivity index (χ2n) is 2.36. The molecule has 0 atom stereocenters. The summed E-state index contributed by atoms with van der Waals surface area (Å²) in [6.07, 6.45) is 0. The number of phosphoric acid groups is 1. The summed E-state index contributed by atoms with van der Waals surface area (Å²) in [6.45, 7) is 0. The molecule has 0 amide bonds. The van der Waals surface area contributed by atoms with Crippen LogP contribution in [-0.4, -0.2) is 9.79 Å². The number of benzene rings is 1. The lowest BCUT2D eigenvalue weighted by molar-refractivity contribution is 0.283. The van der Waals surface area contributed by atoms with Gasteiger partial charge in [0.2, 0.25) is 0 Å². The molecular formula is C7H8IO4P. The smallest absolute Gasteiger partial charge is 0.404 e. The van der Waals surface area contributed by atoms with Crippen molar-refractivity contribution in [1.29, 1.82) is 0 Å².